The fourth-order valence-corrected chi connectivity index (χ4v) is 1.99. The van der Waals surface area contributed by atoms with Crippen LogP contribution in [0.1, 0.15) is 31.5 Å². The van der Waals surface area contributed by atoms with E-state index >= 15 is 0 Å². The Balaban J connectivity index is 2.64. The van der Waals surface area contributed by atoms with Crippen LogP contribution in [0.2, 0.25) is 0 Å². The summed E-state index contributed by atoms with van der Waals surface area (Å²) in [5.74, 6) is -0.0934. The Morgan fingerprint density at radius 2 is 2.04 bits per heavy atom. The summed E-state index contributed by atoms with van der Waals surface area (Å²) in [6, 6.07) is -0.141. The van der Waals surface area contributed by atoms with E-state index in [0.717, 1.165) is 17.7 Å². The summed E-state index contributed by atoms with van der Waals surface area (Å²) < 4.78 is 36.0. The fraction of sp³-hybridized carbons (Fsp3) is 0.533. The molecule has 8 heteroatoms. The molecular formula is C15H21F3N4O. The fourth-order valence-electron chi connectivity index (χ4n) is 1.99. The minimum absolute atomic E-state index is 0.0836. The molecular weight excluding hydrogens is 309 g/mol. The maximum atomic E-state index is 12.0. The molecule has 128 valence electrons. The number of hydrogen-bond acceptors (Lipinski definition) is 4. The van der Waals surface area contributed by atoms with Crippen molar-refractivity contribution in [2.45, 2.75) is 45.8 Å². The number of anilines is 1. The van der Waals surface area contributed by atoms with E-state index < -0.39 is 12.1 Å². The minimum Gasteiger partial charge on any atom is -0.365 e. The van der Waals surface area contributed by atoms with Crippen LogP contribution in [0.15, 0.2) is 18.5 Å². The number of aromatic nitrogens is 2. The maximum Gasteiger partial charge on any atom is 0.409 e. The molecule has 0 saturated carbocycles. The monoisotopic (exact) mass is 330 g/mol. The number of carbonyl (C=O) groups excluding carboxylic acids is 1. The van der Waals surface area contributed by atoms with Crippen molar-refractivity contribution >= 4 is 11.7 Å². The Hall–Kier alpha value is -2.12. The van der Waals surface area contributed by atoms with Crippen molar-refractivity contribution in [2.24, 2.45) is 0 Å². The molecule has 0 spiro atoms. The highest BCUT2D eigenvalue weighted by atomic mass is 19.4. The van der Waals surface area contributed by atoms with Gasteiger partial charge >= 0.3 is 6.18 Å². The zero-order valence-corrected chi connectivity index (χ0v) is 13.4. The molecule has 1 amide bonds. The number of aryl methyl sites for hydroxylation is 1. The molecule has 23 heavy (non-hydrogen) atoms. The Labute approximate surface area is 133 Å². The number of allylic oxidation sites excluding steroid dienone is 1. The summed E-state index contributed by atoms with van der Waals surface area (Å²) in [4.78, 5) is 19.7. The average Bonchev–Trinajstić information content (AvgIpc) is 2.48. The second-order valence-corrected chi connectivity index (χ2v) is 5.01. The lowest BCUT2D eigenvalue weighted by molar-refractivity contribution is -0.117. The molecule has 5 nitrogen and oxygen atoms in total. The first-order valence-corrected chi connectivity index (χ1v) is 7.37. The summed E-state index contributed by atoms with van der Waals surface area (Å²) >= 11 is 0. The molecule has 0 aromatic carbocycles. The standard InChI is InChI=1S/C15H21F3N4O/c1-4-11(8-19-13(23)6-7-15(16,17)18)22-14-12(5-2)10(3)20-9-21-14/h6-7,9,11H,4-5,8H2,1-3H3,(H,19,23)(H,20,21,22). The lowest BCUT2D eigenvalue weighted by Crippen LogP contribution is -2.36. The minimum atomic E-state index is -4.49. The van der Waals surface area contributed by atoms with E-state index in [1.54, 1.807) is 0 Å². The van der Waals surface area contributed by atoms with Crippen LogP contribution >= 0.6 is 0 Å². The topological polar surface area (TPSA) is 66.9 Å². The van der Waals surface area contributed by atoms with Gasteiger partial charge in [-0.3, -0.25) is 4.79 Å². The third-order valence-electron chi connectivity index (χ3n) is 3.29. The molecule has 0 radical (unpaired) electrons. The molecule has 0 aliphatic rings. The Morgan fingerprint density at radius 3 is 2.61 bits per heavy atom. The van der Waals surface area contributed by atoms with Gasteiger partial charge in [-0.25, -0.2) is 9.97 Å². The van der Waals surface area contributed by atoms with Gasteiger partial charge in [-0.2, -0.15) is 13.2 Å². The van der Waals surface area contributed by atoms with Crippen LogP contribution < -0.4 is 10.6 Å². The molecule has 0 fully saturated rings. The van der Waals surface area contributed by atoms with Crippen molar-refractivity contribution in [3.05, 3.63) is 29.7 Å². The highest BCUT2D eigenvalue weighted by molar-refractivity contribution is 5.87. The number of carbonyl (C=O) groups is 1. The van der Waals surface area contributed by atoms with E-state index in [9.17, 15) is 18.0 Å². The first kappa shape index (κ1) is 18.9. The van der Waals surface area contributed by atoms with E-state index in [1.807, 2.05) is 20.8 Å². The van der Waals surface area contributed by atoms with Crippen LogP contribution in [0, 0.1) is 6.92 Å². The van der Waals surface area contributed by atoms with Gasteiger partial charge in [0.1, 0.15) is 12.1 Å². The summed E-state index contributed by atoms with van der Waals surface area (Å²) in [6.45, 7) is 5.98. The van der Waals surface area contributed by atoms with Gasteiger partial charge in [-0.05, 0) is 19.8 Å². The van der Waals surface area contributed by atoms with Gasteiger partial charge in [0.05, 0.1) is 0 Å². The molecule has 0 bridgehead atoms. The number of nitrogens with one attached hydrogen (secondary N) is 2. The highest BCUT2D eigenvalue weighted by Gasteiger charge is 2.22. The lowest BCUT2D eigenvalue weighted by atomic mass is 10.1. The first-order chi connectivity index (χ1) is 10.8. The zero-order chi connectivity index (χ0) is 17.5. The molecule has 1 unspecified atom stereocenters. The largest absolute Gasteiger partial charge is 0.409 e. The Kier molecular flexibility index (Phi) is 6.99. The summed E-state index contributed by atoms with van der Waals surface area (Å²) in [7, 11) is 0. The summed E-state index contributed by atoms with van der Waals surface area (Å²) in [5, 5.41) is 5.65. The number of rotatable bonds is 7. The smallest absolute Gasteiger partial charge is 0.365 e. The molecule has 1 aromatic heterocycles. The number of halogens is 3. The van der Waals surface area contributed by atoms with Crippen molar-refractivity contribution in [3.8, 4) is 0 Å². The van der Waals surface area contributed by atoms with Crippen LogP contribution in [-0.2, 0) is 11.2 Å². The van der Waals surface area contributed by atoms with Crippen LogP contribution in [0.5, 0.6) is 0 Å². The van der Waals surface area contributed by atoms with Crippen LogP contribution in [0.3, 0.4) is 0 Å². The van der Waals surface area contributed by atoms with E-state index in [1.165, 1.54) is 6.33 Å². The molecule has 1 aromatic rings. The number of hydrogen-bond donors (Lipinski definition) is 2. The summed E-state index contributed by atoms with van der Waals surface area (Å²) in [5.41, 5.74) is 1.85. The van der Waals surface area contributed by atoms with Gasteiger partial charge in [0.15, 0.2) is 0 Å². The van der Waals surface area contributed by atoms with Gasteiger partial charge in [0.25, 0.3) is 0 Å². The highest BCUT2D eigenvalue weighted by Crippen LogP contribution is 2.17. The SMILES string of the molecule is CCc1c(C)ncnc1NC(CC)CNC(=O)C=CC(F)(F)F. The molecule has 2 N–H and O–H groups in total. The third kappa shape index (κ3) is 6.66. The second kappa shape index (κ2) is 8.50. The van der Waals surface area contributed by atoms with Crippen molar-refractivity contribution in [3.63, 3.8) is 0 Å². The Bertz CT molecular complexity index is 558. The predicted molar refractivity (Wildman–Crippen MR) is 82.1 cm³/mol. The van der Waals surface area contributed by atoms with E-state index in [2.05, 4.69) is 20.6 Å². The van der Waals surface area contributed by atoms with E-state index in [-0.39, 0.29) is 18.7 Å². The van der Waals surface area contributed by atoms with Crippen molar-refractivity contribution in [1.82, 2.24) is 15.3 Å². The van der Waals surface area contributed by atoms with Crippen molar-refractivity contribution < 1.29 is 18.0 Å². The predicted octanol–water partition coefficient (Wildman–Crippen LogP) is 2.77. The molecule has 0 aliphatic carbocycles. The van der Waals surface area contributed by atoms with E-state index in [4.69, 9.17) is 0 Å². The number of nitrogens with zero attached hydrogens (tertiary/aromatic N) is 2. The quantitative estimate of drug-likeness (QED) is 0.755. The number of alkyl halides is 3. The molecule has 0 aliphatic heterocycles. The maximum absolute atomic E-state index is 12.0. The first-order valence-electron chi connectivity index (χ1n) is 7.37. The van der Waals surface area contributed by atoms with Crippen LogP contribution in [0.25, 0.3) is 0 Å². The normalized spacial score (nSPS) is 13.1. The molecule has 0 saturated heterocycles. The zero-order valence-electron chi connectivity index (χ0n) is 13.4. The molecule has 1 rings (SSSR count). The van der Waals surface area contributed by atoms with E-state index in [0.29, 0.717) is 18.3 Å². The molecule has 1 heterocycles. The Morgan fingerprint density at radius 1 is 1.35 bits per heavy atom. The van der Waals surface area contributed by atoms with Crippen LogP contribution in [0.4, 0.5) is 19.0 Å². The van der Waals surface area contributed by atoms with Crippen molar-refractivity contribution in [1.29, 1.82) is 0 Å². The lowest BCUT2D eigenvalue weighted by Gasteiger charge is -2.20. The van der Waals surface area contributed by atoms with Gasteiger partial charge in [0, 0.05) is 36.0 Å². The number of amides is 1. The molecule has 1 atom stereocenters. The second-order valence-electron chi connectivity index (χ2n) is 5.01. The summed E-state index contributed by atoms with van der Waals surface area (Å²) in [6.07, 6.45) is -1.21. The van der Waals surface area contributed by atoms with Crippen molar-refractivity contribution in [2.75, 3.05) is 11.9 Å². The van der Waals surface area contributed by atoms with Gasteiger partial charge in [-0.1, -0.05) is 13.8 Å². The third-order valence-corrected chi connectivity index (χ3v) is 3.29. The van der Waals surface area contributed by atoms with Crippen LogP contribution in [-0.4, -0.2) is 34.6 Å². The van der Waals surface area contributed by atoms with Gasteiger partial charge in [0.2, 0.25) is 5.91 Å². The average molecular weight is 330 g/mol. The van der Waals surface area contributed by atoms with Gasteiger partial charge < -0.3 is 10.6 Å². The van der Waals surface area contributed by atoms with Gasteiger partial charge in [-0.15, -0.1) is 0 Å².